The lowest BCUT2D eigenvalue weighted by Gasteiger charge is -2.34. The summed E-state index contributed by atoms with van der Waals surface area (Å²) in [5, 5.41) is 3.31. The number of pyridine rings is 1. The number of carbonyl (C=O) groups is 2. The molecule has 136 valence electrons. The van der Waals surface area contributed by atoms with Crippen LogP contribution in [0.25, 0.3) is 0 Å². The van der Waals surface area contributed by atoms with E-state index in [1.54, 1.807) is 29.0 Å². The van der Waals surface area contributed by atoms with Crippen molar-refractivity contribution in [2.75, 3.05) is 31.5 Å². The van der Waals surface area contributed by atoms with Gasteiger partial charge in [-0.05, 0) is 36.2 Å². The normalized spacial score (nSPS) is 14.2. The van der Waals surface area contributed by atoms with Crippen molar-refractivity contribution < 1.29 is 9.59 Å². The Morgan fingerprint density at radius 1 is 1.00 bits per heavy atom. The summed E-state index contributed by atoms with van der Waals surface area (Å²) in [6.45, 7) is 5.90. The number of aryl methyl sites for hydroxylation is 1. The molecular formula is C20H24N4O2. The standard InChI is InChI=1S/C20H24N4O2/c1-3-16-4-6-17(7-5-16)22-18-8-9-21-19(14-18)20(26)24-12-10-23(11-13-24)15(2)25/h4-9,14H,3,10-13H2,1-2H3,(H,21,22). The molecule has 1 aliphatic rings. The Kier molecular flexibility index (Phi) is 5.51. The fraction of sp³-hybridized carbons (Fsp3) is 0.350. The van der Waals surface area contributed by atoms with Crippen LogP contribution in [-0.4, -0.2) is 52.8 Å². The molecular weight excluding hydrogens is 328 g/mol. The third-order valence-electron chi connectivity index (χ3n) is 4.64. The Labute approximate surface area is 153 Å². The average molecular weight is 352 g/mol. The molecule has 6 heteroatoms. The number of nitrogens with one attached hydrogen (secondary N) is 1. The van der Waals surface area contributed by atoms with Crippen LogP contribution in [0.2, 0.25) is 0 Å². The zero-order valence-electron chi connectivity index (χ0n) is 15.2. The van der Waals surface area contributed by atoms with E-state index in [2.05, 4.69) is 29.4 Å². The summed E-state index contributed by atoms with van der Waals surface area (Å²) in [7, 11) is 0. The fourth-order valence-electron chi connectivity index (χ4n) is 3.00. The Morgan fingerprint density at radius 3 is 2.27 bits per heavy atom. The van der Waals surface area contributed by atoms with E-state index in [9.17, 15) is 9.59 Å². The molecule has 1 fully saturated rings. The van der Waals surface area contributed by atoms with E-state index in [1.165, 1.54) is 5.56 Å². The quantitative estimate of drug-likeness (QED) is 0.919. The molecule has 0 bridgehead atoms. The minimum atomic E-state index is -0.0989. The maximum Gasteiger partial charge on any atom is 0.272 e. The summed E-state index contributed by atoms with van der Waals surface area (Å²) < 4.78 is 0. The van der Waals surface area contributed by atoms with Gasteiger partial charge in [0.1, 0.15) is 5.69 Å². The van der Waals surface area contributed by atoms with E-state index in [4.69, 9.17) is 0 Å². The summed E-state index contributed by atoms with van der Waals surface area (Å²) in [5.41, 5.74) is 3.50. The van der Waals surface area contributed by atoms with E-state index in [0.717, 1.165) is 17.8 Å². The molecule has 26 heavy (non-hydrogen) atoms. The first-order valence-electron chi connectivity index (χ1n) is 8.93. The lowest BCUT2D eigenvalue weighted by molar-refractivity contribution is -0.130. The van der Waals surface area contributed by atoms with E-state index >= 15 is 0 Å². The van der Waals surface area contributed by atoms with Crippen molar-refractivity contribution in [3.8, 4) is 0 Å². The van der Waals surface area contributed by atoms with Gasteiger partial charge in [-0.15, -0.1) is 0 Å². The SMILES string of the molecule is CCc1ccc(Nc2ccnc(C(=O)N3CCN(C(C)=O)CC3)c2)cc1. The summed E-state index contributed by atoms with van der Waals surface area (Å²) in [6, 6.07) is 11.9. The van der Waals surface area contributed by atoms with Crippen LogP contribution in [0.3, 0.4) is 0 Å². The summed E-state index contributed by atoms with van der Waals surface area (Å²) >= 11 is 0. The van der Waals surface area contributed by atoms with Gasteiger partial charge in [0.25, 0.3) is 5.91 Å². The molecule has 1 aromatic heterocycles. The maximum atomic E-state index is 12.7. The van der Waals surface area contributed by atoms with Crippen LogP contribution in [0.5, 0.6) is 0 Å². The molecule has 2 amide bonds. The molecule has 1 saturated heterocycles. The Bertz CT molecular complexity index is 781. The lowest BCUT2D eigenvalue weighted by atomic mass is 10.1. The Hall–Kier alpha value is -2.89. The van der Waals surface area contributed by atoms with Gasteiger partial charge in [0, 0.05) is 50.7 Å². The molecule has 3 rings (SSSR count). The highest BCUT2D eigenvalue weighted by atomic mass is 16.2. The molecule has 1 aromatic carbocycles. The number of rotatable bonds is 4. The van der Waals surface area contributed by atoms with Crippen molar-refractivity contribution in [2.24, 2.45) is 0 Å². The second kappa shape index (κ2) is 7.99. The van der Waals surface area contributed by atoms with Crippen molar-refractivity contribution in [2.45, 2.75) is 20.3 Å². The van der Waals surface area contributed by atoms with Crippen molar-refractivity contribution in [3.63, 3.8) is 0 Å². The number of piperazine rings is 1. The topological polar surface area (TPSA) is 65.5 Å². The first-order valence-corrected chi connectivity index (χ1v) is 8.93. The third-order valence-corrected chi connectivity index (χ3v) is 4.64. The number of benzene rings is 1. The lowest BCUT2D eigenvalue weighted by Crippen LogP contribution is -2.50. The first-order chi connectivity index (χ1) is 12.6. The van der Waals surface area contributed by atoms with Gasteiger partial charge in [-0.2, -0.15) is 0 Å². The van der Waals surface area contributed by atoms with Crippen molar-refractivity contribution in [1.82, 2.24) is 14.8 Å². The van der Waals surface area contributed by atoms with Crippen LogP contribution in [0.4, 0.5) is 11.4 Å². The smallest absolute Gasteiger partial charge is 0.272 e. The van der Waals surface area contributed by atoms with Crippen LogP contribution in [0, 0.1) is 0 Å². The summed E-state index contributed by atoms with van der Waals surface area (Å²) in [6.07, 6.45) is 2.65. The Morgan fingerprint density at radius 2 is 1.65 bits per heavy atom. The second-order valence-corrected chi connectivity index (χ2v) is 6.40. The van der Waals surface area contributed by atoms with Gasteiger partial charge in [0.2, 0.25) is 5.91 Å². The molecule has 1 aliphatic heterocycles. The predicted molar refractivity (Wildman–Crippen MR) is 101 cm³/mol. The molecule has 1 N–H and O–H groups in total. The van der Waals surface area contributed by atoms with Crippen molar-refractivity contribution >= 4 is 23.2 Å². The molecule has 0 saturated carbocycles. The number of hydrogen-bond donors (Lipinski definition) is 1. The molecule has 0 radical (unpaired) electrons. The molecule has 2 aromatic rings. The van der Waals surface area contributed by atoms with E-state index < -0.39 is 0 Å². The molecule has 2 heterocycles. The highest BCUT2D eigenvalue weighted by molar-refractivity contribution is 5.93. The van der Waals surface area contributed by atoms with Crippen LogP contribution in [0.15, 0.2) is 42.6 Å². The van der Waals surface area contributed by atoms with Crippen LogP contribution >= 0.6 is 0 Å². The zero-order chi connectivity index (χ0) is 18.5. The van der Waals surface area contributed by atoms with E-state index in [0.29, 0.717) is 31.9 Å². The Balaban J connectivity index is 1.66. The van der Waals surface area contributed by atoms with Crippen LogP contribution in [0.1, 0.15) is 29.9 Å². The summed E-state index contributed by atoms with van der Waals surface area (Å²) in [5.74, 6) is -0.0475. The highest BCUT2D eigenvalue weighted by Crippen LogP contribution is 2.18. The number of nitrogens with zero attached hydrogens (tertiary/aromatic N) is 3. The molecule has 0 aliphatic carbocycles. The van der Waals surface area contributed by atoms with Crippen molar-refractivity contribution in [3.05, 3.63) is 53.9 Å². The molecule has 0 atom stereocenters. The average Bonchev–Trinajstić information content (AvgIpc) is 2.68. The molecule has 0 spiro atoms. The first kappa shape index (κ1) is 17.9. The van der Waals surface area contributed by atoms with Gasteiger partial charge in [-0.1, -0.05) is 19.1 Å². The van der Waals surface area contributed by atoms with Gasteiger partial charge < -0.3 is 15.1 Å². The third kappa shape index (κ3) is 4.20. The van der Waals surface area contributed by atoms with Gasteiger partial charge in [-0.3, -0.25) is 14.6 Å². The maximum absolute atomic E-state index is 12.7. The largest absolute Gasteiger partial charge is 0.355 e. The number of anilines is 2. The molecule has 0 unspecified atom stereocenters. The van der Waals surface area contributed by atoms with Gasteiger partial charge in [0.05, 0.1) is 0 Å². The summed E-state index contributed by atoms with van der Waals surface area (Å²) in [4.78, 5) is 31.8. The number of carbonyl (C=O) groups excluding carboxylic acids is 2. The number of hydrogen-bond acceptors (Lipinski definition) is 4. The van der Waals surface area contributed by atoms with Crippen molar-refractivity contribution in [1.29, 1.82) is 0 Å². The van der Waals surface area contributed by atoms with Gasteiger partial charge >= 0.3 is 0 Å². The highest BCUT2D eigenvalue weighted by Gasteiger charge is 2.24. The molecule has 6 nitrogen and oxygen atoms in total. The fourth-order valence-corrected chi connectivity index (χ4v) is 3.00. The minimum absolute atomic E-state index is 0.0514. The number of aromatic nitrogens is 1. The van der Waals surface area contributed by atoms with Crippen LogP contribution < -0.4 is 5.32 Å². The second-order valence-electron chi connectivity index (χ2n) is 6.40. The predicted octanol–water partition coefficient (Wildman–Crippen LogP) is 2.69. The number of amides is 2. The van der Waals surface area contributed by atoms with Crippen LogP contribution in [-0.2, 0) is 11.2 Å². The van der Waals surface area contributed by atoms with Gasteiger partial charge in [-0.25, -0.2) is 0 Å². The monoisotopic (exact) mass is 352 g/mol. The van der Waals surface area contributed by atoms with Gasteiger partial charge in [0.15, 0.2) is 0 Å². The van der Waals surface area contributed by atoms with E-state index in [1.807, 2.05) is 18.2 Å². The minimum Gasteiger partial charge on any atom is -0.355 e. The zero-order valence-corrected chi connectivity index (χ0v) is 15.2. The van der Waals surface area contributed by atoms with E-state index in [-0.39, 0.29) is 11.8 Å².